The van der Waals surface area contributed by atoms with Gasteiger partial charge in [-0.1, -0.05) is 34.6 Å². The second-order valence-electron chi connectivity index (χ2n) is 6.07. The zero-order valence-electron chi connectivity index (χ0n) is 13.0. The van der Waals surface area contributed by atoms with Crippen molar-refractivity contribution in [3.8, 4) is 0 Å². The van der Waals surface area contributed by atoms with Crippen LogP contribution in [0, 0.1) is 5.41 Å². The topological polar surface area (TPSA) is 49.8 Å². The van der Waals surface area contributed by atoms with Crippen LogP contribution >= 0.6 is 0 Å². The number of hydrogen-bond donors (Lipinski definition) is 2. The van der Waals surface area contributed by atoms with Crippen LogP contribution in [0.25, 0.3) is 0 Å². The molecule has 0 fully saturated rings. The van der Waals surface area contributed by atoms with E-state index in [1.54, 1.807) is 0 Å². The Kier molecular flexibility index (Phi) is 6.06. The fourth-order valence-corrected chi connectivity index (χ4v) is 1.66. The van der Waals surface area contributed by atoms with Gasteiger partial charge in [-0.15, -0.1) is 0 Å². The van der Waals surface area contributed by atoms with Gasteiger partial charge in [-0.05, 0) is 18.3 Å². The van der Waals surface area contributed by atoms with E-state index in [0.717, 1.165) is 49.8 Å². The summed E-state index contributed by atoms with van der Waals surface area (Å²) in [5, 5.41) is 6.73. The van der Waals surface area contributed by atoms with Crippen molar-refractivity contribution in [2.24, 2.45) is 5.41 Å². The third-order valence-corrected chi connectivity index (χ3v) is 2.83. The molecule has 4 nitrogen and oxygen atoms in total. The van der Waals surface area contributed by atoms with E-state index < -0.39 is 0 Å². The van der Waals surface area contributed by atoms with Crippen LogP contribution in [-0.2, 0) is 6.42 Å². The van der Waals surface area contributed by atoms with Crippen LogP contribution in [0.2, 0.25) is 0 Å². The van der Waals surface area contributed by atoms with Crippen LogP contribution in [0.1, 0.15) is 53.3 Å². The summed E-state index contributed by atoms with van der Waals surface area (Å²) in [5.74, 6) is 2.74. The Morgan fingerprint density at radius 2 is 1.58 bits per heavy atom. The molecule has 0 saturated heterocycles. The molecule has 0 aromatic carbocycles. The minimum Gasteiger partial charge on any atom is -0.370 e. The maximum absolute atomic E-state index is 4.52. The Balaban J connectivity index is 2.65. The Morgan fingerprint density at radius 3 is 2.05 bits per heavy atom. The Bertz CT molecular complexity index is 382. The SMILES string of the molecule is CCCNc1cc(NCCC(C)(C)C)nc(CC)n1. The number of rotatable bonds is 7. The molecule has 19 heavy (non-hydrogen) atoms. The number of nitrogens with one attached hydrogen (secondary N) is 2. The first-order valence-electron chi connectivity index (χ1n) is 7.30. The summed E-state index contributed by atoms with van der Waals surface area (Å²) in [5.41, 5.74) is 0.344. The highest BCUT2D eigenvalue weighted by Crippen LogP contribution is 2.19. The van der Waals surface area contributed by atoms with Crippen LogP contribution < -0.4 is 10.6 Å². The van der Waals surface area contributed by atoms with Gasteiger partial charge in [0.1, 0.15) is 17.5 Å². The van der Waals surface area contributed by atoms with E-state index in [4.69, 9.17) is 0 Å². The van der Waals surface area contributed by atoms with E-state index in [-0.39, 0.29) is 0 Å². The molecule has 0 atom stereocenters. The monoisotopic (exact) mass is 264 g/mol. The second kappa shape index (κ2) is 7.31. The van der Waals surface area contributed by atoms with Crippen LogP contribution in [-0.4, -0.2) is 23.1 Å². The summed E-state index contributed by atoms with van der Waals surface area (Å²) in [6.07, 6.45) is 3.07. The number of hydrogen-bond acceptors (Lipinski definition) is 4. The van der Waals surface area contributed by atoms with Crippen molar-refractivity contribution in [3.05, 3.63) is 11.9 Å². The van der Waals surface area contributed by atoms with Crippen molar-refractivity contribution >= 4 is 11.6 Å². The predicted octanol–water partition coefficient (Wildman–Crippen LogP) is 3.71. The first-order valence-corrected chi connectivity index (χ1v) is 7.30. The van der Waals surface area contributed by atoms with Gasteiger partial charge in [-0.25, -0.2) is 9.97 Å². The Labute approximate surface area is 117 Å². The van der Waals surface area contributed by atoms with Gasteiger partial charge in [-0.2, -0.15) is 0 Å². The first kappa shape index (κ1) is 15.7. The molecule has 0 radical (unpaired) electrons. The van der Waals surface area contributed by atoms with Gasteiger partial charge in [0, 0.05) is 25.6 Å². The highest BCUT2D eigenvalue weighted by atomic mass is 15.1. The summed E-state index contributed by atoms with van der Waals surface area (Å²) in [4.78, 5) is 9.00. The van der Waals surface area contributed by atoms with Crippen LogP contribution in [0.3, 0.4) is 0 Å². The van der Waals surface area contributed by atoms with Crippen LogP contribution in [0.5, 0.6) is 0 Å². The molecule has 1 aromatic rings. The summed E-state index contributed by atoms with van der Waals surface area (Å²) in [6.45, 7) is 12.9. The molecule has 0 bridgehead atoms. The lowest BCUT2D eigenvalue weighted by atomic mass is 9.92. The second-order valence-corrected chi connectivity index (χ2v) is 6.07. The van der Waals surface area contributed by atoms with Gasteiger partial charge in [-0.3, -0.25) is 0 Å². The van der Waals surface area contributed by atoms with Crippen molar-refractivity contribution < 1.29 is 0 Å². The quantitative estimate of drug-likeness (QED) is 0.788. The normalized spacial score (nSPS) is 11.4. The van der Waals surface area contributed by atoms with E-state index in [1.165, 1.54) is 0 Å². The Hall–Kier alpha value is -1.32. The highest BCUT2D eigenvalue weighted by Gasteiger charge is 2.10. The maximum atomic E-state index is 4.52. The first-order chi connectivity index (χ1) is 8.94. The summed E-state index contributed by atoms with van der Waals surface area (Å²) in [7, 11) is 0. The summed E-state index contributed by atoms with van der Waals surface area (Å²) < 4.78 is 0. The van der Waals surface area contributed by atoms with E-state index in [1.807, 2.05) is 6.07 Å². The third-order valence-electron chi connectivity index (χ3n) is 2.83. The minimum atomic E-state index is 0.344. The minimum absolute atomic E-state index is 0.344. The number of nitrogens with zero attached hydrogens (tertiary/aromatic N) is 2. The van der Waals surface area contributed by atoms with Gasteiger partial charge < -0.3 is 10.6 Å². The van der Waals surface area contributed by atoms with Crippen LogP contribution in [0.15, 0.2) is 6.07 Å². The van der Waals surface area contributed by atoms with E-state index in [2.05, 4.69) is 55.2 Å². The number of anilines is 2. The average Bonchev–Trinajstić information content (AvgIpc) is 2.34. The molecule has 0 aliphatic rings. The van der Waals surface area contributed by atoms with Gasteiger partial charge in [0.05, 0.1) is 0 Å². The maximum Gasteiger partial charge on any atom is 0.132 e. The van der Waals surface area contributed by atoms with Crippen LogP contribution in [0.4, 0.5) is 11.6 Å². The lowest BCUT2D eigenvalue weighted by Crippen LogP contribution is -2.14. The molecular formula is C15H28N4. The molecule has 2 N–H and O–H groups in total. The number of aromatic nitrogens is 2. The molecule has 1 aromatic heterocycles. The molecular weight excluding hydrogens is 236 g/mol. The zero-order valence-corrected chi connectivity index (χ0v) is 13.0. The number of aryl methyl sites for hydroxylation is 1. The molecule has 0 saturated carbocycles. The average molecular weight is 264 g/mol. The van der Waals surface area contributed by atoms with Crippen molar-refractivity contribution in [1.29, 1.82) is 0 Å². The van der Waals surface area contributed by atoms with Gasteiger partial charge in [0.15, 0.2) is 0 Å². The molecule has 0 spiro atoms. The smallest absolute Gasteiger partial charge is 0.132 e. The summed E-state index contributed by atoms with van der Waals surface area (Å²) in [6, 6.07) is 2.00. The summed E-state index contributed by atoms with van der Waals surface area (Å²) >= 11 is 0. The van der Waals surface area contributed by atoms with Gasteiger partial charge in [0.2, 0.25) is 0 Å². The molecule has 4 heteroatoms. The predicted molar refractivity (Wildman–Crippen MR) is 82.8 cm³/mol. The third kappa shape index (κ3) is 6.41. The molecule has 0 amide bonds. The van der Waals surface area contributed by atoms with Crippen molar-refractivity contribution in [2.75, 3.05) is 23.7 Å². The van der Waals surface area contributed by atoms with E-state index in [9.17, 15) is 0 Å². The molecule has 1 rings (SSSR count). The zero-order chi connectivity index (χ0) is 14.3. The van der Waals surface area contributed by atoms with E-state index in [0.29, 0.717) is 5.41 Å². The fraction of sp³-hybridized carbons (Fsp3) is 0.733. The van der Waals surface area contributed by atoms with Gasteiger partial charge >= 0.3 is 0 Å². The lowest BCUT2D eigenvalue weighted by Gasteiger charge is -2.18. The molecule has 0 aliphatic carbocycles. The van der Waals surface area contributed by atoms with Crippen molar-refractivity contribution in [3.63, 3.8) is 0 Å². The van der Waals surface area contributed by atoms with Gasteiger partial charge in [0.25, 0.3) is 0 Å². The lowest BCUT2D eigenvalue weighted by molar-refractivity contribution is 0.389. The molecule has 108 valence electrons. The Morgan fingerprint density at radius 1 is 1.00 bits per heavy atom. The van der Waals surface area contributed by atoms with Crippen molar-refractivity contribution in [1.82, 2.24) is 9.97 Å². The highest BCUT2D eigenvalue weighted by molar-refractivity contribution is 5.47. The standard InChI is InChI=1S/C15H28N4/c1-6-9-16-13-11-14(19-12(7-2)18-13)17-10-8-15(3,4)5/h11H,6-10H2,1-5H3,(H2,16,17,18,19). The molecule has 0 unspecified atom stereocenters. The largest absolute Gasteiger partial charge is 0.370 e. The fourth-order valence-electron chi connectivity index (χ4n) is 1.66. The molecule has 0 aliphatic heterocycles. The molecule has 1 heterocycles. The van der Waals surface area contributed by atoms with E-state index >= 15 is 0 Å². The van der Waals surface area contributed by atoms with Crippen molar-refractivity contribution in [2.45, 2.75) is 53.9 Å².